The largest absolute Gasteiger partial charge is 0.385 e. The van der Waals surface area contributed by atoms with Crippen LogP contribution in [0.4, 0.5) is 5.69 Å². The van der Waals surface area contributed by atoms with Crippen LogP contribution in [0.2, 0.25) is 0 Å². The quantitative estimate of drug-likeness (QED) is 0.767. The van der Waals surface area contributed by atoms with Gasteiger partial charge in [-0.05, 0) is 42.4 Å². The molecule has 0 aliphatic carbocycles. The lowest BCUT2D eigenvalue weighted by Gasteiger charge is -2.23. The first kappa shape index (κ1) is 13.1. The monoisotopic (exact) mass is 219 g/mol. The van der Waals surface area contributed by atoms with Gasteiger partial charge in [0.1, 0.15) is 0 Å². The molecule has 1 atom stereocenters. The first-order chi connectivity index (χ1) is 7.83. The topological polar surface area (TPSA) is 12.0 Å². The zero-order chi connectivity index (χ0) is 12.0. The lowest BCUT2D eigenvalue weighted by atomic mass is 9.89. The molecule has 0 aromatic heterocycles. The van der Waals surface area contributed by atoms with Gasteiger partial charge in [0.15, 0.2) is 0 Å². The number of fused-ring (bicyclic) bond motifs is 1. The van der Waals surface area contributed by atoms with Gasteiger partial charge in [-0.1, -0.05) is 39.8 Å². The number of rotatable bonds is 2. The van der Waals surface area contributed by atoms with Crippen molar-refractivity contribution in [2.24, 2.45) is 0 Å². The first-order valence-electron chi connectivity index (χ1n) is 6.68. The van der Waals surface area contributed by atoms with Crippen LogP contribution in [0.25, 0.3) is 0 Å². The van der Waals surface area contributed by atoms with Crippen molar-refractivity contribution in [2.45, 2.75) is 52.9 Å². The van der Waals surface area contributed by atoms with Crippen LogP contribution in [0, 0.1) is 0 Å². The third-order valence-electron chi connectivity index (χ3n) is 3.27. The highest BCUT2D eigenvalue weighted by molar-refractivity contribution is 5.57. The van der Waals surface area contributed by atoms with E-state index in [0.29, 0.717) is 5.92 Å². The second kappa shape index (κ2) is 6.57. The van der Waals surface area contributed by atoms with E-state index in [0.717, 1.165) is 6.54 Å². The van der Waals surface area contributed by atoms with Gasteiger partial charge >= 0.3 is 0 Å². The molecule has 1 aliphatic heterocycles. The van der Waals surface area contributed by atoms with Crippen molar-refractivity contribution in [3.05, 3.63) is 29.3 Å². The van der Waals surface area contributed by atoms with Gasteiger partial charge in [0.05, 0.1) is 0 Å². The highest BCUT2D eigenvalue weighted by atomic mass is 14.9. The van der Waals surface area contributed by atoms with Crippen LogP contribution in [-0.2, 0) is 6.42 Å². The molecule has 0 fully saturated rings. The molecule has 1 N–H and O–H groups in total. The summed E-state index contributed by atoms with van der Waals surface area (Å²) in [5.74, 6) is 0.699. The highest BCUT2D eigenvalue weighted by Crippen LogP contribution is 2.31. The minimum Gasteiger partial charge on any atom is -0.385 e. The molecule has 1 heteroatoms. The maximum absolute atomic E-state index is 3.48. The molecule has 1 heterocycles. The summed E-state index contributed by atoms with van der Waals surface area (Å²) in [6.07, 6.45) is 3.76. The van der Waals surface area contributed by atoms with E-state index < -0.39 is 0 Å². The summed E-state index contributed by atoms with van der Waals surface area (Å²) in [6.45, 7) is 9.72. The molecule has 2 rings (SSSR count). The van der Waals surface area contributed by atoms with Crippen molar-refractivity contribution in [3.8, 4) is 0 Å². The number of hydrogen-bond acceptors (Lipinski definition) is 1. The molecule has 0 radical (unpaired) electrons. The molecular formula is C15H25N. The van der Waals surface area contributed by atoms with E-state index in [4.69, 9.17) is 0 Å². The predicted octanol–water partition coefficient (Wildman–Crippen LogP) is 4.58. The molecule has 1 aromatic rings. The second-order valence-corrected chi connectivity index (χ2v) is 4.21. The Morgan fingerprint density at radius 3 is 2.75 bits per heavy atom. The lowest BCUT2D eigenvalue weighted by Crippen LogP contribution is -2.14. The fraction of sp³-hybridized carbons (Fsp3) is 0.600. The maximum Gasteiger partial charge on any atom is 0.0375 e. The van der Waals surface area contributed by atoms with Crippen molar-refractivity contribution >= 4 is 5.69 Å². The number of nitrogens with one attached hydrogen (secondary N) is 1. The van der Waals surface area contributed by atoms with Crippen LogP contribution >= 0.6 is 0 Å². The van der Waals surface area contributed by atoms with Crippen molar-refractivity contribution in [2.75, 3.05) is 11.9 Å². The normalized spacial score (nSPS) is 15.2. The molecule has 0 spiro atoms. The van der Waals surface area contributed by atoms with Crippen LogP contribution in [0.15, 0.2) is 18.2 Å². The van der Waals surface area contributed by atoms with Gasteiger partial charge in [-0.15, -0.1) is 0 Å². The van der Waals surface area contributed by atoms with Gasteiger partial charge in [-0.2, -0.15) is 0 Å². The zero-order valence-corrected chi connectivity index (χ0v) is 11.1. The molecule has 0 bridgehead atoms. The van der Waals surface area contributed by atoms with Crippen molar-refractivity contribution in [1.29, 1.82) is 0 Å². The third kappa shape index (κ3) is 2.78. The average molecular weight is 219 g/mol. The summed E-state index contributed by atoms with van der Waals surface area (Å²) in [5.41, 5.74) is 4.49. The summed E-state index contributed by atoms with van der Waals surface area (Å²) in [6, 6.07) is 6.68. The molecule has 1 unspecified atom stereocenters. The summed E-state index contributed by atoms with van der Waals surface area (Å²) in [7, 11) is 0. The molecule has 0 amide bonds. The number of hydrogen-bond donors (Lipinski definition) is 1. The van der Waals surface area contributed by atoms with Gasteiger partial charge in [0.2, 0.25) is 0 Å². The van der Waals surface area contributed by atoms with E-state index in [1.54, 1.807) is 11.1 Å². The smallest absolute Gasteiger partial charge is 0.0375 e. The Hall–Kier alpha value is -0.980. The zero-order valence-electron chi connectivity index (χ0n) is 11.1. The second-order valence-electron chi connectivity index (χ2n) is 4.21. The highest BCUT2D eigenvalue weighted by Gasteiger charge is 2.14. The van der Waals surface area contributed by atoms with Crippen LogP contribution in [-0.4, -0.2) is 6.54 Å². The van der Waals surface area contributed by atoms with Gasteiger partial charge in [-0.3, -0.25) is 0 Å². The summed E-state index contributed by atoms with van der Waals surface area (Å²) in [5, 5.41) is 3.48. The predicted molar refractivity (Wildman–Crippen MR) is 73.3 cm³/mol. The van der Waals surface area contributed by atoms with Crippen LogP contribution in [0.1, 0.15) is 57.6 Å². The van der Waals surface area contributed by atoms with Crippen LogP contribution in [0.5, 0.6) is 0 Å². The minimum absolute atomic E-state index is 0.699. The van der Waals surface area contributed by atoms with Crippen molar-refractivity contribution < 1.29 is 0 Å². The molecule has 90 valence electrons. The minimum atomic E-state index is 0.699. The Balaban J connectivity index is 0.000000606. The van der Waals surface area contributed by atoms with Gasteiger partial charge in [0, 0.05) is 12.2 Å². The number of benzene rings is 1. The molecule has 1 aromatic carbocycles. The van der Waals surface area contributed by atoms with Crippen LogP contribution < -0.4 is 5.32 Å². The number of anilines is 1. The van der Waals surface area contributed by atoms with E-state index in [9.17, 15) is 0 Å². The molecular weight excluding hydrogens is 194 g/mol. The molecule has 1 nitrogen and oxygen atoms in total. The molecule has 0 saturated carbocycles. The van der Waals surface area contributed by atoms with Crippen molar-refractivity contribution in [3.63, 3.8) is 0 Å². The van der Waals surface area contributed by atoms with E-state index >= 15 is 0 Å². The maximum atomic E-state index is 3.48. The Morgan fingerprint density at radius 2 is 2.06 bits per heavy atom. The van der Waals surface area contributed by atoms with E-state index in [2.05, 4.69) is 37.4 Å². The fourth-order valence-corrected chi connectivity index (χ4v) is 2.22. The third-order valence-corrected chi connectivity index (χ3v) is 3.27. The Labute approximate surface area is 100 Å². The molecule has 16 heavy (non-hydrogen) atoms. The van der Waals surface area contributed by atoms with E-state index in [1.165, 1.54) is 24.9 Å². The van der Waals surface area contributed by atoms with Gasteiger partial charge in [0.25, 0.3) is 0 Å². The SMILES string of the molecule is CC.CCC(C)c1cccc2c1CCCN2. The summed E-state index contributed by atoms with van der Waals surface area (Å²) >= 11 is 0. The Bertz CT molecular complexity index is 317. The Morgan fingerprint density at radius 1 is 1.31 bits per heavy atom. The first-order valence-corrected chi connectivity index (χ1v) is 6.68. The fourth-order valence-electron chi connectivity index (χ4n) is 2.22. The van der Waals surface area contributed by atoms with Gasteiger partial charge in [-0.25, -0.2) is 0 Å². The van der Waals surface area contributed by atoms with Gasteiger partial charge < -0.3 is 5.32 Å². The summed E-state index contributed by atoms with van der Waals surface area (Å²) < 4.78 is 0. The van der Waals surface area contributed by atoms with Crippen LogP contribution in [0.3, 0.4) is 0 Å². The average Bonchev–Trinajstić information content (AvgIpc) is 2.39. The molecule has 1 aliphatic rings. The Kier molecular flexibility index (Phi) is 5.37. The standard InChI is InChI=1S/C13H19N.C2H6/c1-3-10(2)11-6-4-8-13-12(11)7-5-9-14-13;1-2/h4,6,8,10,14H,3,5,7,9H2,1-2H3;1-2H3. The lowest BCUT2D eigenvalue weighted by molar-refractivity contribution is 0.709. The van der Waals surface area contributed by atoms with E-state index in [-0.39, 0.29) is 0 Å². The summed E-state index contributed by atoms with van der Waals surface area (Å²) in [4.78, 5) is 0. The van der Waals surface area contributed by atoms with Crippen molar-refractivity contribution in [1.82, 2.24) is 0 Å². The molecule has 0 saturated heterocycles. The van der Waals surface area contributed by atoms with E-state index in [1.807, 2.05) is 13.8 Å².